The van der Waals surface area contributed by atoms with Gasteiger partial charge in [0.2, 0.25) is 5.82 Å². The molecule has 1 fully saturated rings. The summed E-state index contributed by atoms with van der Waals surface area (Å²) in [6.07, 6.45) is 1.28. The van der Waals surface area contributed by atoms with Crippen LogP contribution in [-0.4, -0.2) is 19.8 Å². The van der Waals surface area contributed by atoms with Gasteiger partial charge in [0.25, 0.3) is 0 Å². The topological polar surface area (TPSA) is 21.3 Å². The first-order valence-electron chi connectivity index (χ1n) is 6.81. The van der Waals surface area contributed by atoms with Crippen molar-refractivity contribution in [1.29, 1.82) is 0 Å². The normalized spacial score (nSPS) is 20.6. The molecular formula is C14H16F5NO. The Morgan fingerprint density at radius 1 is 1.05 bits per heavy atom. The van der Waals surface area contributed by atoms with Crippen LogP contribution in [0.3, 0.4) is 0 Å². The Labute approximate surface area is 119 Å². The molecule has 1 aliphatic heterocycles. The van der Waals surface area contributed by atoms with Crippen molar-refractivity contribution < 1.29 is 26.7 Å². The maximum Gasteiger partial charge on any atom is 0.200 e. The van der Waals surface area contributed by atoms with Crippen molar-refractivity contribution in [1.82, 2.24) is 5.32 Å². The molecule has 2 atom stereocenters. The molecule has 0 bridgehead atoms. The summed E-state index contributed by atoms with van der Waals surface area (Å²) >= 11 is 0. The summed E-state index contributed by atoms with van der Waals surface area (Å²) in [4.78, 5) is 0. The summed E-state index contributed by atoms with van der Waals surface area (Å²) in [6, 6.07) is -0.972. The highest BCUT2D eigenvalue weighted by Crippen LogP contribution is 2.34. The van der Waals surface area contributed by atoms with Crippen molar-refractivity contribution >= 4 is 0 Å². The van der Waals surface area contributed by atoms with E-state index in [0.29, 0.717) is 26.0 Å². The van der Waals surface area contributed by atoms with Crippen molar-refractivity contribution in [2.75, 3.05) is 19.8 Å². The summed E-state index contributed by atoms with van der Waals surface area (Å²) in [5, 5.41) is 2.81. The molecule has 1 saturated heterocycles. The second kappa shape index (κ2) is 6.70. The third kappa shape index (κ3) is 3.03. The molecule has 7 heteroatoms. The van der Waals surface area contributed by atoms with Crippen molar-refractivity contribution in [2.24, 2.45) is 5.92 Å². The van der Waals surface area contributed by atoms with Crippen molar-refractivity contribution in [3.8, 4) is 0 Å². The van der Waals surface area contributed by atoms with Gasteiger partial charge in [-0.25, -0.2) is 22.0 Å². The highest BCUT2D eigenvalue weighted by atomic mass is 19.2. The minimum atomic E-state index is -2.14. The lowest BCUT2D eigenvalue weighted by molar-refractivity contribution is 0.0378. The maximum absolute atomic E-state index is 13.9. The maximum atomic E-state index is 13.9. The van der Waals surface area contributed by atoms with Crippen LogP contribution in [0.15, 0.2) is 0 Å². The average molecular weight is 309 g/mol. The molecule has 2 rings (SSSR count). The minimum Gasteiger partial charge on any atom is -0.381 e. The van der Waals surface area contributed by atoms with Gasteiger partial charge in [-0.15, -0.1) is 0 Å². The van der Waals surface area contributed by atoms with Crippen LogP contribution in [0.5, 0.6) is 0 Å². The van der Waals surface area contributed by atoms with E-state index in [0.717, 1.165) is 0 Å². The lowest BCUT2D eigenvalue weighted by Crippen LogP contribution is -2.35. The van der Waals surface area contributed by atoms with E-state index in [-0.39, 0.29) is 12.5 Å². The summed E-state index contributed by atoms with van der Waals surface area (Å²) in [5.41, 5.74) is -0.802. The molecule has 118 valence electrons. The quantitative estimate of drug-likeness (QED) is 0.522. The van der Waals surface area contributed by atoms with Gasteiger partial charge >= 0.3 is 0 Å². The molecule has 1 heterocycles. The molecule has 1 N–H and O–H groups in total. The molecule has 0 radical (unpaired) electrons. The fourth-order valence-corrected chi connectivity index (χ4v) is 2.65. The highest BCUT2D eigenvalue weighted by molar-refractivity contribution is 5.27. The molecule has 21 heavy (non-hydrogen) atoms. The van der Waals surface area contributed by atoms with E-state index in [1.807, 2.05) is 0 Å². The predicted octanol–water partition coefficient (Wildman–Crippen LogP) is 3.46. The summed E-state index contributed by atoms with van der Waals surface area (Å²) in [6.45, 7) is 2.78. The number of rotatable bonds is 4. The fourth-order valence-electron chi connectivity index (χ4n) is 2.65. The lowest BCUT2D eigenvalue weighted by Gasteiger charge is -2.31. The monoisotopic (exact) mass is 309 g/mol. The molecule has 0 saturated carbocycles. The fraction of sp³-hybridized carbons (Fsp3) is 0.571. The van der Waals surface area contributed by atoms with Crippen LogP contribution in [-0.2, 0) is 4.74 Å². The molecule has 1 aromatic rings. The largest absolute Gasteiger partial charge is 0.381 e. The zero-order chi connectivity index (χ0) is 15.6. The number of hydrogen-bond donors (Lipinski definition) is 1. The SMILES string of the molecule is CCNC(c1c(F)c(F)c(F)c(F)c1F)C1CCCOC1. The highest BCUT2D eigenvalue weighted by Gasteiger charge is 2.34. The number of benzene rings is 1. The van der Waals surface area contributed by atoms with Crippen LogP contribution in [0.2, 0.25) is 0 Å². The third-order valence-corrected chi connectivity index (χ3v) is 3.65. The van der Waals surface area contributed by atoms with E-state index < -0.39 is 40.7 Å². The second-order valence-electron chi connectivity index (χ2n) is 5.00. The Bertz CT molecular complexity index is 488. The van der Waals surface area contributed by atoms with E-state index in [4.69, 9.17) is 4.74 Å². The van der Waals surface area contributed by atoms with Gasteiger partial charge in [-0.1, -0.05) is 6.92 Å². The van der Waals surface area contributed by atoms with Gasteiger partial charge in [0.15, 0.2) is 23.3 Å². The van der Waals surface area contributed by atoms with Gasteiger partial charge in [0.1, 0.15) is 0 Å². The van der Waals surface area contributed by atoms with Gasteiger partial charge in [-0.2, -0.15) is 0 Å². The first-order chi connectivity index (χ1) is 9.99. The van der Waals surface area contributed by atoms with E-state index in [1.54, 1.807) is 6.92 Å². The lowest BCUT2D eigenvalue weighted by atomic mass is 9.87. The van der Waals surface area contributed by atoms with Crippen LogP contribution < -0.4 is 5.32 Å². The smallest absolute Gasteiger partial charge is 0.200 e. The molecular weight excluding hydrogens is 293 g/mol. The van der Waals surface area contributed by atoms with Crippen LogP contribution in [0.4, 0.5) is 22.0 Å². The molecule has 2 nitrogen and oxygen atoms in total. The summed E-state index contributed by atoms with van der Waals surface area (Å²) in [7, 11) is 0. The number of ether oxygens (including phenoxy) is 1. The van der Waals surface area contributed by atoms with Gasteiger partial charge in [-0.3, -0.25) is 0 Å². The molecule has 0 aliphatic carbocycles. The number of hydrogen-bond acceptors (Lipinski definition) is 2. The van der Waals surface area contributed by atoms with Crippen molar-refractivity contribution in [2.45, 2.75) is 25.8 Å². The van der Waals surface area contributed by atoms with Crippen LogP contribution in [0.25, 0.3) is 0 Å². The number of halogens is 5. The average Bonchev–Trinajstić information content (AvgIpc) is 2.51. The first-order valence-corrected chi connectivity index (χ1v) is 6.81. The standard InChI is InChI=1S/C14H16F5NO/c1-2-20-14(7-4-3-5-21-6-7)8-9(15)11(17)13(19)12(18)10(8)16/h7,14,20H,2-6H2,1H3. The van der Waals surface area contributed by atoms with E-state index in [9.17, 15) is 22.0 Å². The van der Waals surface area contributed by atoms with Crippen LogP contribution >= 0.6 is 0 Å². The van der Waals surface area contributed by atoms with Gasteiger partial charge in [0, 0.05) is 24.1 Å². The number of nitrogens with one attached hydrogen (secondary N) is 1. The molecule has 0 spiro atoms. The minimum absolute atomic E-state index is 0.219. The summed E-state index contributed by atoms with van der Waals surface area (Å²) in [5.74, 6) is -9.85. The molecule has 1 aliphatic rings. The Morgan fingerprint density at radius 2 is 1.62 bits per heavy atom. The van der Waals surface area contributed by atoms with Gasteiger partial charge < -0.3 is 10.1 Å². The molecule has 2 unspecified atom stereocenters. The third-order valence-electron chi connectivity index (χ3n) is 3.65. The van der Waals surface area contributed by atoms with Gasteiger partial charge in [0.05, 0.1) is 6.61 Å². The second-order valence-corrected chi connectivity index (χ2v) is 5.00. The summed E-state index contributed by atoms with van der Waals surface area (Å²) < 4.78 is 72.9. The molecule has 0 aromatic heterocycles. The predicted molar refractivity (Wildman–Crippen MR) is 66.2 cm³/mol. The first kappa shape index (κ1) is 16.2. The Kier molecular flexibility index (Phi) is 5.16. The molecule has 0 amide bonds. The van der Waals surface area contributed by atoms with Crippen molar-refractivity contribution in [3.63, 3.8) is 0 Å². The Hall–Kier alpha value is -1.21. The van der Waals surface area contributed by atoms with Crippen LogP contribution in [0.1, 0.15) is 31.4 Å². The zero-order valence-corrected chi connectivity index (χ0v) is 11.5. The Morgan fingerprint density at radius 3 is 2.10 bits per heavy atom. The van der Waals surface area contributed by atoms with Crippen LogP contribution in [0, 0.1) is 35.0 Å². The van der Waals surface area contributed by atoms with E-state index in [1.165, 1.54) is 0 Å². The van der Waals surface area contributed by atoms with E-state index >= 15 is 0 Å². The van der Waals surface area contributed by atoms with E-state index in [2.05, 4.69) is 5.32 Å². The van der Waals surface area contributed by atoms with Gasteiger partial charge in [-0.05, 0) is 19.4 Å². The Balaban J connectivity index is 2.49. The zero-order valence-electron chi connectivity index (χ0n) is 11.5. The molecule has 1 aromatic carbocycles. The van der Waals surface area contributed by atoms with Crippen molar-refractivity contribution in [3.05, 3.63) is 34.6 Å².